The van der Waals surface area contributed by atoms with Gasteiger partial charge in [-0.05, 0) is 30.7 Å². The minimum absolute atomic E-state index is 0.248. The highest BCUT2D eigenvalue weighted by molar-refractivity contribution is 9.10. The molecule has 0 saturated carbocycles. The maximum Gasteiger partial charge on any atom is 0.167 e. The van der Waals surface area contributed by atoms with E-state index in [0.29, 0.717) is 11.3 Å². The molecule has 0 aliphatic carbocycles. The zero-order chi connectivity index (χ0) is 13.1. The smallest absolute Gasteiger partial charge is 0.167 e. The predicted molar refractivity (Wildman–Crippen MR) is 74.0 cm³/mol. The van der Waals surface area contributed by atoms with Gasteiger partial charge in [0.1, 0.15) is 6.61 Å². The van der Waals surface area contributed by atoms with E-state index >= 15 is 0 Å². The summed E-state index contributed by atoms with van der Waals surface area (Å²) in [6.45, 7) is 1.95. The van der Waals surface area contributed by atoms with Gasteiger partial charge >= 0.3 is 0 Å². The Morgan fingerprint density at radius 3 is 2.78 bits per heavy atom. The Labute approximate surface area is 114 Å². The van der Waals surface area contributed by atoms with Crippen molar-refractivity contribution in [3.05, 3.63) is 57.8 Å². The molecule has 2 aromatic rings. The van der Waals surface area contributed by atoms with Crippen molar-refractivity contribution in [1.82, 2.24) is 0 Å². The van der Waals surface area contributed by atoms with Crippen LogP contribution in [-0.4, -0.2) is 0 Å². The van der Waals surface area contributed by atoms with Gasteiger partial charge in [0.2, 0.25) is 0 Å². The van der Waals surface area contributed by atoms with Crippen LogP contribution in [0.5, 0.6) is 5.75 Å². The molecule has 0 aliphatic rings. The van der Waals surface area contributed by atoms with Crippen LogP contribution in [0.25, 0.3) is 0 Å². The van der Waals surface area contributed by atoms with Crippen molar-refractivity contribution < 1.29 is 9.13 Å². The van der Waals surface area contributed by atoms with Gasteiger partial charge < -0.3 is 10.5 Å². The van der Waals surface area contributed by atoms with Gasteiger partial charge in [-0.1, -0.05) is 34.1 Å². The van der Waals surface area contributed by atoms with Crippen molar-refractivity contribution in [3.8, 4) is 5.75 Å². The third-order valence-electron chi connectivity index (χ3n) is 2.65. The number of benzene rings is 2. The van der Waals surface area contributed by atoms with E-state index in [2.05, 4.69) is 15.9 Å². The molecule has 0 aliphatic heterocycles. The maximum atomic E-state index is 13.7. The van der Waals surface area contributed by atoms with Crippen LogP contribution >= 0.6 is 15.9 Å². The Morgan fingerprint density at radius 1 is 1.28 bits per heavy atom. The highest BCUT2D eigenvalue weighted by Crippen LogP contribution is 2.23. The minimum Gasteiger partial charge on any atom is -0.486 e. The first-order valence-electron chi connectivity index (χ1n) is 5.50. The number of hydrogen-bond acceptors (Lipinski definition) is 2. The third kappa shape index (κ3) is 2.82. The summed E-state index contributed by atoms with van der Waals surface area (Å²) < 4.78 is 20.1. The number of anilines is 1. The van der Waals surface area contributed by atoms with E-state index in [1.54, 1.807) is 31.2 Å². The lowest BCUT2D eigenvalue weighted by Gasteiger charge is -2.10. The largest absolute Gasteiger partial charge is 0.486 e. The van der Waals surface area contributed by atoms with E-state index in [-0.39, 0.29) is 18.2 Å². The molecule has 2 aromatic carbocycles. The molecule has 0 unspecified atom stereocenters. The lowest BCUT2D eigenvalue weighted by Crippen LogP contribution is -2.01. The monoisotopic (exact) mass is 309 g/mol. The molecule has 0 aromatic heterocycles. The topological polar surface area (TPSA) is 35.2 Å². The highest BCUT2D eigenvalue weighted by atomic mass is 79.9. The molecule has 4 heteroatoms. The number of rotatable bonds is 3. The molecule has 0 heterocycles. The summed E-state index contributed by atoms with van der Waals surface area (Å²) in [5.74, 6) is -0.0782. The van der Waals surface area contributed by atoms with Crippen LogP contribution in [0.15, 0.2) is 40.9 Å². The highest BCUT2D eigenvalue weighted by Gasteiger charge is 2.07. The Hall–Kier alpha value is -1.55. The molecule has 0 saturated heterocycles. The van der Waals surface area contributed by atoms with Crippen molar-refractivity contribution in [3.63, 3.8) is 0 Å². The summed E-state index contributed by atoms with van der Waals surface area (Å²) in [5, 5.41) is 0. The molecule has 94 valence electrons. The Bertz CT molecular complexity index is 572. The molecule has 18 heavy (non-hydrogen) atoms. The van der Waals surface area contributed by atoms with Gasteiger partial charge in [-0.3, -0.25) is 0 Å². The lowest BCUT2D eigenvalue weighted by molar-refractivity contribution is 0.290. The molecule has 2 N–H and O–H groups in total. The van der Waals surface area contributed by atoms with Crippen molar-refractivity contribution in [2.45, 2.75) is 13.5 Å². The summed E-state index contributed by atoms with van der Waals surface area (Å²) in [4.78, 5) is 0. The first-order valence-corrected chi connectivity index (χ1v) is 6.29. The van der Waals surface area contributed by atoms with Gasteiger partial charge in [-0.25, -0.2) is 4.39 Å². The predicted octanol–water partition coefficient (Wildman–Crippen LogP) is 4.06. The summed E-state index contributed by atoms with van der Waals surface area (Å²) >= 11 is 3.33. The number of hydrogen-bond donors (Lipinski definition) is 1. The Balaban J connectivity index is 2.14. The van der Waals surface area contributed by atoms with Crippen LogP contribution < -0.4 is 10.5 Å². The van der Waals surface area contributed by atoms with Crippen molar-refractivity contribution in [1.29, 1.82) is 0 Å². The first-order chi connectivity index (χ1) is 8.58. The van der Waals surface area contributed by atoms with Crippen LogP contribution in [0.3, 0.4) is 0 Å². The fourth-order valence-corrected chi connectivity index (χ4v) is 1.96. The normalized spacial score (nSPS) is 10.4. The van der Waals surface area contributed by atoms with E-state index in [1.165, 1.54) is 0 Å². The molecule has 0 radical (unpaired) electrons. The molecule has 0 spiro atoms. The first kappa shape index (κ1) is 12.9. The van der Waals surface area contributed by atoms with Gasteiger partial charge in [-0.15, -0.1) is 0 Å². The molecule has 0 atom stereocenters. The molecular formula is C14H13BrFNO. The standard InChI is InChI=1S/C14H13BrFNO/c1-9-3-2-4-13(14(9)16)18-8-10-5-6-11(15)7-12(10)17/h2-7H,8,17H2,1H3. The van der Waals surface area contributed by atoms with Crippen LogP contribution in [0.4, 0.5) is 10.1 Å². The summed E-state index contributed by atoms with van der Waals surface area (Å²) in [6.07, 6.45) is 0. The van der Waals surface area contributed by atoms with Gasteiger partial charge in [-0.2, -0.15) is 0 Å². The molecule has 0 fully saturated rings. The van der Waals surface area contributed by atoms with Gasteiger partial charge in [0.25, 0.3) is 0 Å². The Morgan fingerprint density at radius 2 is 2.06 bits per heavy atom. The molecule has 2 nitrogen and oxygen atoms in total. The van der Waals surface area contributed by atoms with Crippen LogP contribution in [0, 0.1) is 12.7 Å². The van der Waals surface area contributed by atoms with E-state index < -0.39 is 0 Å². The fourth-order valence-electron chi connectivity index (χ4n) is 1.58. The number of halogens is 2. The second kappa shape index (κ2) is 5.40. The van der Waals surface area contributed by atoms with E-state index in [1.807, 2.05) is 12.1 Å². The molecular weight excluding hydrogens is 297 g/mol. The number of ether oxygens (including phenoxy) is 1. The second-order valence-electron chi connectivity index (χ2n) is 4.02. The van der Waals surface area contributed by atoms with Crippen LogP contribution in [0.2, 0.25) is 0 Å². The molecule has 0 bridgehead atoms. The summed E-state index contributed by atoms with van der Waals surface area (Å²) in [5.41, 5.74) is 7.87. The average molecular weight is 310 g/mol. The zero-order valence-corrected chi connectivity index (χ0v) is 11.5. The third-order valence-corrected chi connectivity index (χ3v) is 3.14. The van der Waals surface area contributed by atoms with E-state index in [9.17, 15) is 4.39 Å². The minimum atomic E-state index is -0.326. The summed E-state index contributed by atoms with van der Waals surface area (Å²) in [7, 11) is 0. The Kier molecular flexibility index (Phi) is 3.87. The van der Waals surface area contributed by atoms with Gasteiger partial charge in [0.15, 0.2) is 11.6 Å². The van der Waals surface area contributed by atoms with Crippen molar-refractivity contribution in [2.75, 3.05) is 5.73 Å². The van der Waals surface area contributed by atoms with E-state index in [4.69, 9.17) is 10.5 Å². The lowest BCUT2D eigenvalue weighted by atomic mass is 10.2. The van der Waals surface area contributed by atoms with Crippen molar-refractivity contribution >= 4 is 21.6 Å². The maximum absolute atomic E-state index is 13.7. The fraction of sp³-hybridized carbons (Fsp3) is 0.143. The van der Waals surface area contributed by atoms with E-state index in [0.717, 1.165) is 10.0 Å². The van der Waals surface area contributed by atoms with Gasteiger partial charge in [0.05, 0.1) is 0 Å². The zero-order valence-electron chi connectivity index (χ0n) is 9.91. The molecule has 0 amide bonds. The number of nitrogens with two attached hydrogens (primary N) is 1. The number of aryl methyl sites for hydroxylation is 1. The quantitative estimate of drug-likeness (QED) is 0.868. The van der Waals surface area contributed by atoms with Crippen molar-refractivity contribution in [2.24, 2.45) is 0 Å². The van der Waals surface area contributed by atoms with Gasteiger partial charge in [0, 0.05) is 15.7 Å². The molecule has 2 rings (SSSR count). The summed E-state index contributed by atoms with van der Waals surface area (Å²) in [6, 6.07) is 10.6. The second-order valence-corrected chi connectivity index (χ2v) is 4.93. The average Bonchev–Trinajstić information content (AvgIpc) is 2.33. The number of nitrogen functional groups attached to an aromatic ring is 1. The van der Waals surface area contributed by atoms with Crippen LogP contribution in [-0.2, 0) is 6.61 Å². The van der Waals surface area contributed by atoms with Crippen LogP contribution in [0.1, 0.15) is 11.1 Å². The SMILES string of the molecule is Cc1cccc(OCc2ccc(Br)cc2N)c1F.